The van der Waals surface area contributed by atoms with E-state index < -0.39 is 5.97 Å². The molecule has 136 valence electrons. The molecular weight excluding hydrogens is 318 g/mol. The highest BCUT2D eigenvalue weighted by Crippen LogP contribution is 2.20. The number of nitrogens with one attached hydrogen (secondary N) is 2. The third-order valence-corrected chi connectivity index (χ3v) is 4.01. The number of carboxylic acids is 1. The quantitative estimate of drug-likeness (QED) is 0.606. The Labute approximate surface area is 149 Å². The van der Waals surface area contributed by atoms with Crippen LogP contribution in [0, 0.1) is 16.7 Å². The van der Waals surface area contributed by atoms with E-state index in [1.807, 2.05) is 44.2 Å². The number of aliphatic carboxylic acids is 1. The summed E-state index contributed by atoms with van der Waals surface area (Å²) in [4.78, 5) is 23.0. The fourth-order valence-corrected chi connectivity index (χ4v) is 2.46. The van der Waals surface area contributed by atoms with E-state index in [0.29, 0.717) is 32.2 Å². The van der Waals surface area contributed by atoms with Gasteiger partial charge in [0.15, 0.2) is 0 Å². The number of nitriles is 1. The van der Waals surface area contributed by atoms with Crippen molar-refractivity contribution in [2.75, 3.05) is 6.54 Å². The molecule has 1 aromatic rings. The second kappa shape index (κ2) is 10.3. The lowest BCUT2D eigenvalue weighted by molar-refractivity contribution is -0.137. The summed E-state index contributed by atoms with van der Waals surface area (Å²) >= 11 is 0. The third-order valence-electron chi connectivity index (χ3n) is 4.01. The second-order valence-electron chi connectivity index (χ2n) is 6.97. The van der Waals surface area contributed by atoms with E-state index in [1.165, 1.54) is 0 Å². The second-order valence-corrected chi connectivity index (χ2v) is 6.97. The van der Waals surface area contributed by atoms with Crippen molar-refractivity contribution in [3.05, 3.63) is 35.9 Å². The Bertz CT molecular complexity index is 594. The maximum Gasteiger partial charge on any atom is 0.315 e. The molecule has 25 heavy (non-hydrogen) atoms. The van der Waals surface area contributed by atoms with Gasteiger partial charge in [0.05, 0.1) is 6.07 Å². The van der Waals surface area contributed by atoms with Crippen LogP contribution >= 0.6 is 0 Å². The number of benzene rings is 1. The number of hydrogen-bond acceptors (Lipinski definition) is 3. The first-order valence-corrected chi connectivity index (χ1v) is 8.49. The fourth-order valence-electron chi connectivity index (χ4n) is 2.46. The number of carbonyl (C=O) groups excluding carboxylic acids is 1. The molecule has 6 nitrogen and oxygen atoms in total. The van der Waals surface area contributed by atoms with Crippen LogP contribution in [-0.2, 0) is 11.2 Å². The Balaban J connectivity index is 2.56. The number of carbonyl (C=O) groups is 2. The number of urea groups is 1. The van der Waals surface area contributed by atoms with E-state index in [4.69, 9.17) is 10.4 Å². The summed E-state index contributed by atoms with van der Waals surface area (Å²) in [7, 11) is 0. The minimum Gasteiger partial charge on any atom is -0.481 e. The Kier molecular flexibility index (Phi) is 8.48. The Morgan fingerprint density at radius 1 is 1.28 bits per heavy atom. The summed E-state index contributed by atoms with van der Waals surface area (Å²) in [6, 6.07) is 11.2. The lowest BCUT2D eigenvalue weighted by Gasteiger charge is -2.25. The molecule has 0 bridgehead atoms. The van der Waals surface area contributed by atoms with Crippen LogP contribution in [0.25, 0.3) is 0 Å². The average molecular weight is 345 g/mol. The Morgan fingerprint density at radius 3 is 2.56 bits per heavy atom. The zero-order chi connectivity index (χ0) is 18.7. The van der Waals surface area contributed by atoms with E-state index in [1.54, 1.807) is 0 Å². The van der Waals surface area contributed by atoms with Gasteiger partial charge in [-0.25, -0.2) is 4.79 Å². The Morgan fingerprint density at radius 2 is 1.96 bits per heavy atom. The summed E-state index contributed by atoms with van der Waals surface area (Å²) in [5.74, 6) is -0.877. The van der Waals surface area contributed by atoms with Crippen LogP contribution in [0.4, 0.5) is 4.79 Å². The maximum absolute atomic E-state index is 12.2. The molecule has 0 aromatic heterocycles. The van der Waals surface area contributed by atoms with Crippen LogP contribution in [0.15, 0.2) is 30.3 Å². The van der Waals surface area contributed by atoms with Crippen LogP contribution in [-0.4, -0.2) is 29.7 Å². The normalized spacial score (nSPS) is 12.0. The SMILES string of the molecule is CC(C)(CCC#N)CNC(=O)NC(CCC(=O)O)Cc1ccccc1. The zero-order valence-corrected chi connectivity index (χ0v) is 14.9. The molecule has 1 rings (SSSR count). The van der Waals surface area contributed by atoms with Crippen molar-refractivity contribution >= 4 is 12.0 Å². The first-order valence-electron chi connectivity index (χ1n) is 8.49. The molecule has 2 amide bonds. The molecule has 3 N–H and O–H groups in total. The van der Waals surface area contributed by atoms with Gasteiger partial charge in [0, 0.05) is 25.4 Å². The van der Waals surface area contributed by atoms with Gasteiger partial charge in [-0.2, -0.15) is 5.26 Å². The van der Waals surface area contributed by atoms with Crippen LogP contribution in [0.2, 0.25) is 0 Å². The minimum absolute atomic E-state index is 0.00540. The summed E-state index contributed by atoms with van der Waals surface area (Å²) in [6.07, 6.45) is 2.11. The van der Waals surface area contributed by atoms with Crippen molar-refractivity contribution in [2.45, 2.75) is 52.0 Å². The third kappa shape index (κ3) is 9.36. The van der Waals surface area contributed by atoms with Gasteiger partial charge in [0.1, 0.15) is 0 Å². The van der Waals surface area contributed by atoms with Crippen molar-refractivity contribution in [1.82, 2.24) is 10.6 Å². The summed E-state index contributed by atoms with van der Waals surface area (Å²) in [5, 5.41) is 23.3. The highest BCUT2D eigenvalue weighted by molar-refractivity contribution is 5.74. The van der Waals surface area contributed by atoms with Crippen LogP contribution < -0.4 is 10.6 Å². The van der Waals surface area contributed by atoms with Crippen LogP contribution in [0.3, 0.4) is 0 Å². The summed E-state index contributed by atoms with van der Waals surface area (Å²) < 4.78 is 0. The number of carboxylic acid groups (broad SMARTS) is 1. The minimum atomic E-state index is -0.877. The average Bonchev–Trinajstić information content (AvgIpc) is 2.57. The van der Waals surface area contributed by atoms with Crippen LogP contribution in [0.5, 0.6) is 0 Å². The van der Waals surface area contributed by atoms with E-state index in [2.05, 4.69) is 16.7 Å². The first-order chi connectivity index (χ1) is 11.8. The Hall–Kier alpha value is -2.55. The van der Waals surface area contributed by atoms with E-state index in [0.717, 1.165) is 5.56 Å². The maximum atomic E-state index is 12.2. The van der Waals surface area contributed by atoms with Crippen molar-refractivity contribution in [3.8, 4) is 6.07 Å². The van der Waals surface area contributed by atoms with E-state index >= 15 is 0 Å². The zero-order valence-electron chi connectivity index (χ0n) is 14.9. The van der Waals surface area contributed by atoms with Crippen molar-refractivity contribution in [2.24, 2.45) is 5.41 Å². The van der Waals surface area contributed by atoms with Gasteiger partial charge in [-0.15, -0.1) is 0 Å². The standard InChI is InChI=1S/C19H27N3O3/c1-19(2,11-6-12-20)14-21-18(25)22-16(9-10-17(23)24)13-15-7-4-3-5-8-15/h3-5,7-8,16H,6,9-11,13-14H2,1-2H3,(H,23,24)(H2,21,22,25). The van der Waals surface area contributed by atoms with E-state index in [-0.39, 0.29) is 23.9 Å². The molecule has 0 fully saturated rings. The highest BCUT2D eigenvalue weighted by Gasteiger charge is 2.20. The highest BCUT2D eigenvalue weighted by atomic mass is 16.4. The first kappa shape index (κ1) is 20.5. The van der Waals surface area contributed by atoms with Crippen molar-refractivity contribution < 1.29 is 14.7 Å². The predicted octanol–water partition coefficient (Wildman–Crippen LogP) is 3.09. The van der Waals surface area contributed by atoms with Gasteiger partial charge < -0.3 is 15.7 Å². The van der Waals surface area contributed by atoms with Gasteiger partial charge in [-0.05, 0) is 30.2 Å². The summed E-state index contributed by atoms with van der Waals surface area (Å²) in [6.45, 7) is 4.45. The molecule has 1 atom stereocenters. The summed E-state index contributed by atoms with van der Waals surface area (Å²) in [5.41, 5.74) is 0.885. The smallest absolute Gasteiger partial charge is 0.315 e. The van der Waals surface area contributed by atoms with Gasteiger partial charge in [-0.1, -0.05) is 44.2 Å². The lowest BCUT2D eigenvalue weighted by atomic mass is 9.88. The van der Waals surface area contributed by atoms with Gasteiger partial charge >= 0.3 is 12.0 Å². The molecule has 0 heterocycles. The van der Waals surface area contributed by atoms with Gasteiger partial charge in [-0.3, -0.25) is 4.79 Å². The van der Waals surface area contributed by atoms with Gasteiger partial charge in [0.25, 0.3) is 0 Å². The number of amides is 2. The molecule has 0 saturated carbocycles. The number of rotatable bonds is 10. The predicted molar refractivity (Wildman–Crippen MR) is 96.0 cm³/mol. The molecule has 1 unspecified atom stereocenters. The molecule has 6 heteroatoms. The topological polar surface area (TPSA) is 102 Å². The molecule has 0 saturated heterocycles. The van der Waals surface area contributed by atoms with Crippen molar-refractivity contribution in [1.29, 1.82) is 5.26 Å². The lowest BCUT2D eigenvalue weighted by Crippen LogP contribution is -2.46. The molecule has 0 aliphatic rings. The number of nitrogens with zero attached hydrogens (tertiary/aromatic N) is 1. The molecule has 0 radical (unpaired) electrons. The monoisotopic (exact) mass is 345 g/mol. The van der Waals surface area contributed by atoms with Crippen LogP contribution in [0.1, 0.15) is 45.1 Å². The number of hydrogen-bond donors (Lipinski definition) is 3. The fraction of sp³-hybridized carbons (Fsp3) is 0.526. The molecular formula is C19H27N3O3. The largest absolute Gasteiger partial charge is 0.481 e. The molecule has 0 spiro atoms. The molecule has 0 aliphatic carbocycles. The van der Waals surface area contributed by atoms with E-state index in [9.17, 15) is 9.59 Å². The molecule has 0 aliphatic heterocycles. The molecule has 1 aromatic carbocycles. The van der Waals surface area contributed by atoms with Gasteiger partial charge in [0.2, 0.25) is 0 Å². The van der Waals surface area contributed by atoms with Crippen molar-refractivity contribution in [3.63, 3.8) is 0 Å².